The molecule has 0 aliphatic carbocycles. The molecule has 1 aromatic rings. The van der Waals surface area contributed by atoms with Crippen molar-refractivity contribution in [1.29, 1.82) is 0 Å². The molecule has 0 amide bonds. The Hall–Kier alpha value is -2.08. The van der Waals surface area contributed by atoms with E-state index in [1.165, 1.54) is 7.11 Å². The van der Waals surface area contributed by atoms with Crippen LogP contribution in [0.5, 0.6) is 5.75 Å². The van der Waals surface area contributed by atoms with Crippen LogP contribution in [0.3, 0.4) is 0 Å². The second kappa shape index (κ2) is 5.31. The monoisotopic (exact) mass is 236 g/mol. The number of aliphatic hydroxyl groups excluding tert-OH is 1. The molecule has 90 valence electrons. The molecule has 0 atom stereocenters. The van der Waals surface area contributed by atoms with Gasteiger partial charge in [0.25, 0.3) is 5.90 Å². The van der Waals surface area contributed by atoms with E-state index < -0.39 is 0 Å². The van der Waals surface area contributed by atoms with Gasteiger partial charge >= 0.3 is 0 Å². The Morgan fingerprint density at radius 1 is 1.29 bits per heavy atom. The number of aliphatic hydroxyl groups is 1. The van der Waals surface area contributed by atoms with Gasteiger partial charge in [-0.1, -0.05) is 17.3 Å². The zero-order valence-electron chi connectivity index (χ0n) is 9.29. The van der Waals surface area contributed by atoms with Crippen LogP contribution < -0.4 is 4.74 Å². The van der Waals surface area contributed by atoms with Gasteiger partial charge < -0.3 is 19.5 Å². The first-order valence-corrected chi connectivity index (χ1v) is 5.06. The summed E-state index contributed by atoms with van der Waals surface area (Å²) in [7, 11) is 1.44. The maximum Gasteiger partial charge on any atom is 0.286 e. The number of rotatable bonds is 4. The molecule has 17 heavy (non-hydrogen) atoms. The molecule has 0 aromatic heterocycles. The van der Waals surface area contributed by atoms with Crippen LogP contribution in [0.4, 0.5) is 0 Å². The third-order valence-corrected chi connectivity index (χ3v) is 2.06. The molecule has 6 heteroatoms. The number of oxime groups is 2. The molecular formula is C11H12N2O4. The molecule has 1 aliphatic rings. The first-order chi connectivity index (χ1) is 8.36. The average Bonchev–Trinajstić information content (AvgIpc) is 2.69. The highest BCUT2D eigenvalue weighted by atomic mass is 16.7. The fraction of sp³-hybridized carbons (Fsp3) is 0.273. The molecule has 2 rings (SSSR count). The Morgan fingerprint density at radius 2 is 2.12 bits per heavy atom. The van der Waals surface area contributed by atoms with E-state index in [2.05, 4.69) is 10.3 Å². The molecule has 6 nitrogen and oxygen atoms in total. The van der Waals surface area contributed by atoms with Crippen molar-refractivity contribution < 1.29 is 19.5 Å². The van der Waals surface area contributed by atoms with Crippen molar-refractivity contribution in [2.24, 2.45) is 10.3 Å². The Morgan fingerprint density at radius 3 is 2.88 bits per heavy atom. The fourth-order valence-corrected chi connectivity index (χ4v) is 1.41. The Bertz CT molecular complexity index is 457. The van der Waals surface area contributed by atoms with Crippen LogP contribution in [0.2, 0.25) is 0 Å². The van der Waals surface area contributed by atoms with Crippen molar-refractivity contribution in [3.63, 3.8) is 0 Å². The number of nitrogens with zero attached hydrogens (tertiary/aromatic N) is 2. The van der Waals surface area contributed by atoms with Crippen molar-refractivity contribution in [1.82, 2.24) is 0 Å². The topological polar surface area (TPSA) is 72.6 Å². The molecule has 0 bridgehead atoms. The van der Waals surface area contributed by atoms with Crippen LogP contribution in [0.1, 0.15) is 5.56 Å². The minimum absolute atomic E-state index is 0.101. The highest BCUT2D eigenvalue weighted by Crippen LogP contribution is 2.26. The van der Waals surface area contributed by atoms with Crippen molar-refractivity contribution in [3.8, 4) is 5.75 Å². The molecule has 1 aromatic carbocycles. The van der Waals surface area contributed by atoms with Crippen LogP contribution in [0, 0.1) is 0 Å². The average molecular weight is 236 g/mol. The molecule has 1 N–H and O–H groups in total. The molecule has 0 saturated carbocycles. The molecule has 1 heterocycles. The zero-order valence-corrected chi connectivity index (χ0v) is 9.29. The van der Waals surface area contributed by atoms with E-state index in [0.717, 1.165) is 5.56 Å². The predicted molar refractivity (Wildman–Crippen MR) is 61.1 cm³/mol. The molecule has 0 fully saturated rings. The lowest BCUT2D eigenvalue weighted by atomic mass is 10.1. The Labute approximate surface area is 98.1 Å². The summed E-state index contributed by atoms with van der Waals surface area (Å²) < 4.78 is 5.45. The minimum Gasteiger partial charge on any atom is -0.434 e. The largest absolute Gasteiger partial charge is 0.434 e. The summed E-state index contributed by atoms with van der Waals surface area (Å²) in [6, 6.07) is 7.36. The fourth-order valence-electron chi connectivity index (χ4n) is 1.41. The van der Waals surface area contributed by atoms with Crippen molar-refractivity contribution >= 4 is 11.6 Å². The Kier molecular flexibility index (Phi) is 3.56. The van der Waals surface area contributed by atoms with Gasteiger partial charge in [0.1, 0.15) is 19.5 Å². The van der Waals surface area contributed by atoms with Gasteiger partial charge in [0.05, 0.1) is 12.2 Å². The van der Waals surface area contributed by atoms with Crippen molar-refractivity contribution in [2.75, 3.05) is 20.3 Å². The number of para-hydroxylation sites is 1. The lowest BCUT2D eigenvalue weighted by Gasteiger charge is -1.98. The van der Waals surface area contributed by atoms with E-state index in [1.807, 2.05) is 18.2 Å². The Balaban J connectivity index is 2.27. The predicted octanol–water partition coefficient (Wildman–Crippen LogP) is 0.752. The number of ether oxygens (including phenoxy) is 1. The maximum atomic E-state index is 8.59. The van der Waals surface area contributed by atoms with Gasteiger partial charge in [0.15, 0.2) is 5.71 Å². The van der Waals surface area contributed by atoms with Gasteiger partial charge in [-0.2, -0.15) is 0 Å². The molecule has 0 spiro atoms. The second-order valence-electron chi connectivity index (χ2n) is 3.17. The molecule has 0 radical (unpaired) electrons. The van der Waals surface area contributed by atoms with Crippen LogP contribution >= 0.6 is 0 Å². The molecule has 0 unspecified atom stereocenters. The van der Waals surface area contributed by atoms with Gasteiger partial charge in [-0.3, -0.25) is 0 Å². The van der Waals surface area contributed by atoms with E-state index in [4.69, 9.17) is 19.5 Å². The number of hydrogen-bond acceptors (Lipinski definition) is 6. The maximum absolute atomic E-state index is 8.59. The van der Waals surface area contributed by atoms with Crippen LogP contribution in [0.15, 0.2) is 34.6 Å². The first kappa shape index (κ1) is 11.4. The smallest absolute Gasteiger partial charge is 0.286 e. The van der Waals surface area contributed by atoms with Crippen LogP contribution in [-0.4, -0.2) is 37.0 Å². The van der Waals surface area contributed by atoms with Crippen molar-refractivity contribution in [3.05, 3.63) is 29.8 Å². The SMILES string of the molecule is CO/N=C1/C(=N/OCCO)Oc2ccccc21. The van der Waals surface area contributed by atoms with Crippen molar-refractivity contribution in [2.45, 2.75) is 0 Å². The van der Waals surface area contributed by atoms with Crippen LogP contribution in [-0.2, 0) is 9.68 Å². The summed E-state index contributed by atoms with van der Waals surface area (Å²) >= 11 is 0. The number of benzene rings is 1. The van der Waals surface area contributed by atoms with E-state index >= 15 is 0 Å². The highest BCUT2D eigenvalue weighted by molar-refractivity contribution is 6.48. The number of fused-ring (bicyclic) bond motifs is 1. The van der Waals surface area contributed by atoms with Gasteiger partial charge in [-0.15, -0.1) is 0 Å². The number of hydrogen-bond donors (Lipinski definition) is 1. The normalized spacial score (nSPS) is 18.0. The third kappa shape index (κ3) is 2.36. The van der Waals surface area contributed by atoms with Crippen LogP contribution in [0.25, 0.3) is 0 Å². The van der Waals surface area contributed by atoms with E-state index in [1.54, 1.807) is 6.07 Å². The standard InChI is InChI=1S/C11H12N2O4/c1-15-12-10-8-4-2-3-5-9(8)17-11(10)13-16-7-6-14/h2-5,14H,6-7H2,1H3/b12-10+,13-11-. The second-order valence-corrected chi connectivity index (χ2v) is 3.17. The summed E-state index contributed by atoms with van der Waals surface area (Å²) in [5.74, 6) is 0.871. The van der Waals surface area contributed by atoms with E-state index in [-0.39, 0.29) is 19.1 Å². The van der Waals surface area contributed by atoms with E-state index in [0.29, 0.717) is 11.5 Å². The summed E-state index contributed by atoms with van der Waals surface area (Å²) in [5, 5.41) is 16.2. The van der Waals surface area contributed by atoms with Gasteiger partial charge in [-0.25, -0.2) is 0 Å². The molecule has 1 aliphatic heterocycles. The summed E-state index contributed by atoms with van der Waals surface area (Å²) in [4.78, 5) is 9.59. The van der Waals surface area contributed by atoms with Gasteiger partial charge in [0.2, 0.25) is 0 Å². The first-order valence-electron chi connectivity index (χ1n) is 5.06. The van der Waals surface area contributed by atoms with E-state index in [9.17, 15) is 0 Å². The summed E-state index contributed by atoms with van der Waals surface area (Å²) in [5.41, 5.74) is 1.27. The lowest BCUT2D eigenvalue weighted by molar-refractivity contribution is 0.0960. The summed E-state index contributed by atoms with van der Waals surface area (Å²) in [6.07, 6.45) is 0. The highest BCUT2D eigenvalue weighted by Gasteiger charge is 2.28. The summed E-state index contributed by atoms with van der Waals surface area (Å²) in [6.45, 7) is -0.00997. The van der Waals surface area contributed by atoms with Gasteiger partial charge in [-0.05, 0) is 17.3 Å². The quantitative estimate of drug-likeness (QED) is 0.618. The minimum atomic E-state index is -0.111. The lowest BCUT2D eigenvalue weighted by Crippen LogP contribution is -2.15. The zero-order chi connectivity index (χ0) is 12.1. The van der Waals surface area contributed by atoms with Gasteiger partial charge in [0, 0.05) is 0 Å². The third-order valence-electron chi connectivity index (χ3n) is 2.06. The molecule has 0 saturated heterocycles. The molecular weight excluding hydrogens is 224 g/mol.